The zero-order chi connectivity index (χ0) is 42.0. The first kappa shape index (κ1) is 40.5. The number of rotatable bonds is 7. The number of piperidine rings is 1. The summed E-state index contributed by atoms with van der Waals surface area (Å²) in [5, 5.41) is 6.35. The van der Waals surface area contributed by atoms with E-state index in [2.05, 4.69) is 55.4 Å². The number of fused-ring (bicyclic) bond motifs is 4. The third-order valence-electron chi connectivity index (χ3n) is 12.2. The van der Waals surface area contributed by atoms with Crippen LogP contribution in [-0.4, -0.2) is 70.2 Å². The summed E-state index contributed by atoms with van der Waals surface area (Å²) in [5.41, 5.74) is 2.82. The zero-order valence-corrected chi connectivity index (χ0v) is 35.0. The Morgan fingerprint density at radius 1 is 0.712 bits per heavy atom. The van der Waals surface area contributed by atoms with Gasteiger partial charge in [0, 0.05) is 92.5 Å². The third kappa shape index (κ3) is 7.57. The summed E-state index contributed by atoms with van der Waals surface area (Å²) in [4.78, 5) is 33.2. The van der Waals surface area contributed by atoms with E-state index in [0.29, 0.717) is 54.0 Å². The Morgan fingerprint density at radius 3 is 1.75 bits per heavy atom. The topological polar surface area (TPSA) is 111 Å². The predicted octanol–water partition coefficient (Wildman–Crippen LogP) is 8.91. The van der Waals surface area contributed by atoms with Gasteiger partial charge >= 0.3 is 0 Å². The maximum atomic E-state index is 14.9. The van der Waals surface area contributed by atoms with Crippen LogP contribution in [0.5, 0.6) is 0 Å². The first-order valence-corrected chi connectivity index (χ1v) is 20.3. The summed E-state index contributed by atoms with van der Waals surface area (Å²) in [6, 6.07) is 9.30. The van der Waals surface area contributed by atoms with Crippen molar-refractivity contribution in [3.05, 3.63) is 100.0 Å². The van der Waals surface area contributed by atoms with E-state index >= 15 is 0 Å². The highest BCUT2D eigenvalue weighted by molar-refractivity contribution is 6.28. The minimum Gasteiger partial charge on any atom is -0.373 e. The van der Waals surface area contributed by atoms with Gasteiger partial charge in [-0.3, -0.25) is 0 Å². The molecule has 16 heteroatoms. The molecule has 3 aliphatic heterocycles. The first-order valence-electron chi connectivity index (χ1n) is 19.9. The molecule has 6 heterocycles. The van der Waals surface area contributed by atoms with E-state index in [-0.39, 0.29) is 21.8 Å². The van der Waals surface area contributed by atoms with Crippen LogP contribution in [0.1, 0.15) is 63.2 Å². The number of aromatic nitrogens is 6. The molecule has 0 amide bonds. The largest absolute Gasteiger partial charge is 0.373 e. The van der Waals surface area contributed by atoms with Crippen LogP contribution in [0.25, 0.3) is 0 Å². The van der Waals surface area contributed by atoms with Crippen LogP contribution in [-0.2, 0) is 17.3 Å². The van der Waals surface area contributed by atoms with E-state index in [4.69, 9.17) is 21.6 Å². The van der Waals surface area contributed by atoms with Crippen LogP contribution in [0.4, 0.5) is 58.0 Å². The molecule has 11 nitrogen and oxygen atoms in total. The molecular formula is C43H48ClF4N11. The lowest BCUT2D eigenvalue weighted by Gasteiger charge is -2.38. The van der Waals surface area contributed by atoms with Crippen LogP contribution in [0.2, 0.25) is 5.28 Å². The van der Waals surface area contributed by atoms with Gasteiger partial charge in [-0.2, -0.15) is 4.98 Å². The maximum absolute atomic E-state index is 14.9. The predicted molar refractivity (Wildman–Crippen MR) is 223 cm³/mol. The maximum Gasteiger partial charge on any atom is 0.226 e. The summed E-state index contributed by atoms with van der Waals surface area (Å²) >= 11 is 5.98. The second-order valence-corrected chi connectivity index (χ2v) is 17.6. The highest BCUT2D eigenvalue weighted by atomic mass is 35.5. The van der Waals surface area contributed by atoms with Gasteiger partial charge in [0.1, 0.15) is 64.5 Å². The molecule has 5 aromatic rings. The molecule has 2 bridgehead atoms. The summed E-state index contributed by atoms with van der Waals surface area (Å²) in [6.07, 6.45) is 4.82. The van der Waals surface area contributed by atoms with Crippen molar-refractivity contribution < 1.29 is 17.6 Å². The van der Waals surface area contributed by atoms with E-state index in [9.17, 15) is 17.6 Å². The number of hydrogen-bond donors (Lipinski definition) is 2. The number of halogens is 5. The molecule has 1 aliphatic carbocycles. The van der Waals surface area contributed by atoms with Gasteiger partial charge in [-0.05, 0) is 73.4 Å². The Hall–Kier alpha value is -5.31. The van der Waals surface area contributed by atoms with Gasteiger partial charge in [0.25, 0.3) is 0 Å². The molecule has 2 N–H and O–H groups in total. The van der Waals surface area contributed by atoms with Gasteiger partial charge in [0.05, 0.1) is 11.4 Å². The summed E-state index contributed by atoms with van der Waals surface area (Å²) < 4.78 is 55.8. The molecule has 59 heavy (non-hydrogen) atoms. The highest BCUT2D eigenvalue weighted by Gasteiger charge is 2.45. The standard InChI is InChI=1S/C28H33F2N7.C15H15ClF2N4/c1-16-9-24(33-15-32-16)36-12-17-5-6-18(13-36)20(17)11-23-34-26(31-4)25-27(35-23)37(14-28(25,2)3)22-8-7-19(29)10-21(22)30;1-15(2)7-22(10-5-4-8(17)6-9(10)18)13-11(15)12(19-3)20-14(16)21-13/h7-10,15,17-18,20H,5-6,11-14H2,1-4H3,(H,31,34,35);4-6H,7H2,1-3H3,(H,19,20,21). The van der Waals surface area contributed by atoms with Gasteiger partial charge in [0.15, 0.2) is 0 Å². The number of benzene rings is 2. The summed E-state index contributed by atoms with van der Waals surface area (Å²) in [6.45, 7) is 13.2. The molecule has 2 aromatic carbocycles. The molecule has 4 aliphatic rings. The molecule has 1 saturated carbocycles. The average Bonchev–Trinajstić information content (AvgIpc) is 3.69. The molecular weight excluding hydrogens is 782 g/mol. The molecule has 2 fully saturated rings. The van der Waals surface area contributed by atoms with Gasteiger partial charge < -0.3 is 25.3 Å². The normalized spacial score (nSPS) is 20.9. The van der Waals surface area contributed by atoms with E-state index in [1.807, 2.05) is 32.7 Å². The van der Waals surface area contributed by atoms with E-state index in [0.717, 1.165) is 65.9 Å². The second-order valence-electron chi connectivity index (χ2n) is 17.2. The van der Waals surface area contributed by atoms with E-state index in [1.54, 1.807) is 18.3 Å². The van der Waals surface area contributed by atoms with E-state index < -0.39 is 23.3 Å². The van der Waals surface area contributed by atoms with Crippen molar-refractivity contribution in [3.63, 3.8) is 0 Å². The fourth-order valence-corrected chi connectivity index (χ4v) is 9.75. The summed E-state index contributed by atoms with van der Waals surface area (Å²) in [7, 11) is 3.62. The lowest BCUT2D eigenvalue weighted by Crippen LogP contribution is -2.43. The van der Waals surface area contributed by atoms with Crippen LogP contribution in [0.3, 0.4) is 0 Å². The minimum absolute atomic E-state index is 0.0771. The van der Waals surface area contributed by atoms with Crippen LogP contribution < -0.4 is 25.3 Å². The van der Waals surface area contributed by atoms with Crippen molar-refractivity contribution in [1.29, 1.82) is 0 Å². The molecule has 1 saturated heterocycles. The number of nitrogens with zero attached hydrogens (tertiary/aromatic N) is 9. The van der Waals surface area contributed by atoms with Crippen molar-refractivity contribution in [1.82, 2.24) is 29.9 Å². The smallest absolute Gasteiger partial charge is 0.226 e. The minimum atomic E-state index is -0.635. The van der Waals surface area contributed by atoms with Gasteiger partial charge in [0.2, 0.25) is 5.28 Å². The lowest BCUT2D eigenvalue weighted by molar-refractivity contribution is 0.265. The zero-order valence-electron chi connectivity index (χ0n) is 34.2. The first-order chi connectivity index (χ1) is 28.1. The van der Waals surface area contributed by atoms with Gasteiger partial charge in [-0.25, -0.2) is 42.5 Å². The average molecular weight is 830 g/mol. The molecule has 9 rings (SSSR count). The van der Waals surface area contributed by atoms with Crippen LogP contribution in [0.15, 0.2) is 48.8 Å². The lowest BCUT2D eigenvalue weighted by atomic mass is 9.82. The fraction of sp³-hybridized carbons (Fsp3) is 0.442. The quantitative estimate of drug-likeness (QED) is 0.121. The van der Waals surface area contributed by atoms with Crippen LogP contribution >= 0.6 is 11.6 Å². The number of nitrogens with one attached hydrogen (secondary N) is 2. The molecule has 2 unspecified atom stereocenters. The molecule has 0 spiro atoms. The van der Waals surface area contributed by atoms with Crippen molar-refractivity contribution in [2.45, 2.75) is 64.7 Å². The molecule has 0 radical (unpaired) electrons. The monoisotopic (exact) mass is 829 g/mol. The number of aryl methyl sites for hydroxylation is 1. The van der Waals surface area contributed by atoms with Crippen LogP contribution in [0, 0.1) is 47.9 Å². The molecule has 2 atom stereocenters. The van der Waals surface area contributed by atoms with Gasteiger partial charge in [-0.15, -0.1) is 0 Å². The van der Waals surface area contributed by atoms with E-state index in [1.165, 1.54) is 37.1 Å². The van der Waals surface area contributed by atoms with Crippen molar-refractivity contribution in [2.24, 2.45) is 17.8 Å². The highest BCUT2D eigenvalue weighted by Crippen LogP contribution is 2.49. The van der Waals surface area contributed by atoms with Gasteiger partial charge in [-0.1, -0.05) is 27.7 Å². The molecule has 3 aromatic heterocycles. The Labute approximate surface area is 346 Å². The second kappa shape index (κ2) is 15.4. The Bertz CT molecular complexity index is 2400. The fourth-order valence-electron chi connectivity index (χ4n) is 9.58. The SMILES string of the molecule is CNc1nc(CC2C3CCC2CN(c2cc(C)ncn2)C3)nc2c1C(C)(C)CN2c1ccc(F)cc1F.CNc1nc(Cl)nc2c1C(C)(C)CN2c1ccc(F)cc1F. The molecule has 310 valence electrons. The number of hydrogen-bond acceptors (Lipinski definition) is 11. The Balaban J connectivity index is 0.000000188. The Kier molecular flexibility index (Phi) is 10.5. The van der Waals surface area contributed by atoms with Crippen molar-refractivity contribution >= 4 is 52.1 Å². The van der Waals surface area contributed by atoms with Crippen molar-refractivity contribution in [2.75, 3.05) is 65.6 Å². The summed E-state index contributed by atoms with van der Waals surface area (Å²) in [5.74, 6) is 3.62. The van der Waals surface area contributed by atoms with Crippen molar-refractivity contribution in [3.8, 4) is 0 Å². The third-order valence-corrected chi connectivity index (χ3v) is 12.4. The Morgan fingerprint density at radius 2 is 1.24 bits per heavy atom. The number of anilines is 7.